The molecule has 1 aromatic carbocycles. The highest BCUT2D eigenvalue weighted by molar-refractivity contribution is 7.92. The van der Waals surface area contributed by atoms with Crippen LogP contribution in [0, 0.1) is 0 Å². The van der Waals surface area contributed by atoms with Gasteiger partial charge >= 0.3 is 0 Å². The van der Waals surface area contributed by atoms with Gasteiger partial charge in [0.2, 0.25) is 0 Å². The van der Waals surface area contributed by atoms with E-state index >= 15 is 0 Å². The summed E-state index contributed by atoms with van der Waals surface area (Å²) in [4.78, 5) is 0.298. The molecule has 0 fully saturated rings. The maximum Gasteiger partial charge on any atom is 0.182 e. The third-order valence-corrected chi connectivity index (χ3v) is 5.32. The standard InChI is InChI=1S/C12H19NO3S/c1-9(13-3)10(2)17(14,15)12-7-5-6-11(8-12)16-4/h5-10,13H,1-4H3. The average Bonchev–Trinajstić information content (AvgIpc) is 2.36. The quantitative estimate of drug-likeness (QED) is 0.868. The van der Waals surface area contributed by atoms with Gasteiger partial charge in [0, 0.05) is 6.04 Å². The summed E-state index contributed by atoms with van der Waals surface area (Å²) in [5.41, 5.74) is 0. The van der Waals surface area contributed by atoms with E-state index in [9.17, 15) is 8.42 Å². The molecule has 0 amide bonds. The third-order valence-electron chi connectivity index (χ3n) is 3.02. The monoisotopic (exact) mass is 257 g/mol. The summed E-state index contributed by atoms with van der Waals surface area (Å²) in [6, 6.07) is 6.45. The number of rotatable bonds is 5. The molecule has 17 heavy (non-hydrogen) atoms. The van der Waals surface area contributed by atoms with Gasteiger partial charge in [0.05, 0.1) is 17.3 Å². The van der Waals surface area contributed by atoms with E-state index in [-0.39, 0.29) is 6.04 Å². The first-order chi connectivity index (χ1) is 7.93. The molecule has 96 valence electrons. The minimum absolute atomic E-state index is 0.105. The predicted octanol–water partition coefficient (Wildman–Crippen LogP) is 1.47. The minimum atomic E-state index is -3.33. The fourth-order valence-electron chi connectivity index (χ4n) is 1.50. The molecule has 2 atom stereocenters. The van der Waals surface area contributed by atoms with Crippen LogP contribution in [0.15, 0.2) is 29.2 Å². The van der Waals surface area contributed by atoms with E-state index in [1.54, 1.807) is 38.2 Å². The zero-order valence-corrected chi connectivity index (χ0v) is 11.4. The highest BCUT2D eigenvalue weighted by atomic mass is 32.2. The Morgan fingerprint density at radius 2 is 1.94 bits per heavy atom. The van der Waals surface area contributed by atoms with Crippen molar-refractivity contribution >= 4 is 9.84 Å². The molecule has 0 aliphatic carbocycles. The number of ether oxygens (including phenoxy) is 1. The van der Waals surface area contributed by atoms with Crippen LogP contribution in [0.5, 0.6) is 5.75 Å². The first-order valence-corrected chi connectivity index (χ1v) is 7.03. The first-order valence-electron chi connectivity index (χ1n) is 5.48. The summed E-state index contributed by atoms with van der Waals surface area (Å²) < 4.78 is 29.6. The first kappa shape index (κ1) is 14.0. The van der Waals surface area contributed by atoms with Crippen LogP contribution in [0.3, 0.4) is 0 Å². The highest BCUT2D eigenvalue weighted by Gasteiger charge is 2.27. The minimum Gasteiger partial charge on any atom is -0.497 e. The Bertz CT molecular complexity index is 470. The summed E-state index contributed by atoms with van der Waals surface area (Å²) in [6.45, 7) is 3.55. The van der Waals surface area contributed by atoms with Gasteiger partial charge in [0.25, 0.3) is 0 Å². The van der Waals surface area contributed by atoms with Crippen LogP contribution in [0.4, 0.5) is 0 Å². The molecule has 0 heterocycles. The Labute approximate surface area is 103 Å². The fraction of sp³-hybridized carbons (Fsp3) is 0.500. The van der Waals surface area contributed by atoms with Crippen LogP contribution in [-0.2, 0) is 9.84 Å². The van der Waals surface area contributed by atoms with E-state index < -0.39 is 15.1 Å². The van der Waals surface area contributed by atoms with E-state index in [2.05, 4.69) is 5.32 Å². The number of hydrogen-bond acceptors (Lipinski definition) is 4. The number of hydrogen-bond donors (Lipinski definition) is 1. The Balaban J connectivity index is 3.12. The van der Waals surface area contributed by atoms with Gasteiger partial charge in [-0.3, -0.25) is 0 Å². The second kappa shape index (κ2) is 5.51. The molecule has 1 aromatic rings. The van der Waals surface area contributed by atoms with E-state index in [0.29, 0.717) is 10.6 Å². The van der Waals surface area contributed by atoms with Crippen LogP contribution in [0.25, 0.3) is 0 Å². The molecule has 1 rings (SSSR count). The lowest BCUT2D eigenvalue weighted by Crippen LogP contribution is -2.38. The highest BCUT2D eigenvalue weighted by Crippen LogP contribution is 2.22. The van der Waals surface area contributed by atoms with Gasteiger partial charge in [-0.05, 0) is 39.1 Å². The maximum absolute atomic E-state index is 12.3. The van der Waals surface area contributed by atoms with Crippen molar-refractivity contribution in [2.24, 2.45) is 0 Å². The number of benzene rings is 1. The molecule has 0 spiro atoms. The van der Waals surface area contributed by atoms with E-state index in [1.165, 1.54) is 7.11 Å². The van der Waals surface area contributed by atoms with Crippen molar-refractivity contribution in [1.82, 2.24) is 5.32 Å². The van der Waals surface area contributed by atoms with Crippen molar-refractivity contribution in [2.45, 2.75) is 30.0 Å². The van der Waals surface area contributed by atoms with Gasteiger partial charge in [-0.1, -0.05) is 6.07 Å². The Hall–Kier alpha value is -1.07. The summed E-state index contributed by atoms with van der Waals surface area (Å²) in [7, 11) is -0.0539. The fourth-order valence-corrected chi connectivity index (χ4v) is 3.15. The molecular weight excluding hydrogens is 238 g/mol. The second-order valence-electron chi connectivity index (χ2n) is 4.01. The normalized spacial score (nSPS) is 15.3. The number of sulfone groups is 1. The van der Waals surface area contributed by atoms with Gasteiger partial charge < -0.3 is 10.1 Å². The van der Waals surface area contributed by atoms with Crippen molar-refractivity contribution < 1.29 is 13.2 Å². The lowest BCUT2D eigenvalue weighted by atomic mass is 10.3. The van der Waals surface area contributed by atoms with Gasteiger partial charge in [0.1, 0.15) is 5.75 Å². The molecule has 1 N–H and O–H groups in total. The van der Waals surface area contributed by atoms with E-state index in [0.717, 1.165) is 0 Å². The smallest absolute Gasteiger partial charge is 0.182 e. The molecule has 0 bridgehead atoms. The average molecular weight is 257 g/mol. The van der Waals surface area contributed by atoms with Crippen molar-refractivity contribution in [2.75, 3.05) is 14.2 Å². The Kier molecular flexibility index (Phi) is 4.54. The van der Waals surface area contributed by atoms with Crippen molar-refractivity contribution in [3.63, 3.8) is 0 Å². The molecule has 0 aromatic heterocycles. The second-order valence-corrected chi connectivity index (χ2v) is 6.31. The lowest BCUT2D eigenvalue weighted by Gasteiger charge is -2.19. The van der Waals surface area contributed by atoms with Crippen LogP contribution in [0.1, 0.15) is 13.8 Å². The Morgan fingerprint density at radius 1 is 1.29 bits per heavy atom. The predicted molar refractivity (Wildman–Crippen MR) is 68.2 cm³/mol. The van der Waals surface area contributed by atoms with Gasteiger partial charge in [0.15, 0.2) is 9.84 Å². The van der Waals surface area contributed by atoms with E-state index in [4.69, 9.17) is 4.74 Å². The van der Waals surface area contributed by atoms with Crippen molar-refractivity contribution in [1.29, 1.82) is 0 Å². The zero-order chi connectivity index (χ0) is 13.1. The summed E-state index contributed by atoms with van der Waals surface area (Å²) in [5.74, 6) is 0.551. The SMILES string of the molecule is CNC(C)C(C)S(=O)(=O)c1cccc(OC)c1. The molecular formula is C12H19NO3S. The molecule has 2 unspecified atom stereocenters. The van der Waals surface area contributed by atoms with Gasteiger partial charge in [-0.15, -0.1) is 0 Å². The molecule has 0 radical (unpaired) electrons. The largest absolute Gasteiger partial charge is 0.497 e. The van der Waals surface area contributed by atoms with Crippen LogP contribution in [0.2, 0.25) is 0 Å². The molecule has 0 aliphatic rings. The summed E-state index contributed by atoms with van der Waals surface area (Å²) in [6.07, 6.45) is 0. The summed E-state index contributed by atoms with van der Waals surface area (Å²) >= 11 is 0. The number of methoxy groups -OCH3 is 1. The molecule has 4 nitrogen and oxygen atoms in total. The maximum atomic E-state index is 12.3. The molecule has 0 saturated carbocycles. The van der Waals surface area contributed by atoms with E-state index in [1.807, 2.05) is 6.92 Å². The molecule has 0 aliphatic heterocycles. The molecule has 0 saturated heterocycles. The van der Waals surface area contributed by atoms with Crippen LogP contribution < -0.4 is 10.1 Å². The summed E-state index contributed by atoms with van der Waals surface area (Å²) in [5, 5.41) is 2.47. The number of nitrogens with one attached hydrogen (secondary N) is 1. The lowest BCUT2D eigenvalue weighted by molar-refractivity contribution is 0.413. The zero-order valence-electron chi connectivity index (χ0n) is 10.6. The molecule has 5 heteroatoms. The van der Waals surface area contributed by atoms with Crippen molar-refractivity contribution in [3.05, 3.63) is 24.3 Å². The topological polar surface area (TPSA) is 55.4 Å². The van der Waals surface area contributed by atoms with Gasteiger partial charge in [-0.25, -0.2) is 8.42 Å². The van der Waals surface area contributed by atoms with Crippen LogP contribution >= 0.6 is 0 Å². The van der Waals surface area contributed by atoms with Gasteiger partial charge in [-0.2, -0.15) is 0 Å². The third kappa shape index (κ3) is 2.98. The van der Waals surface area contributed by atoms with Crippen molar-refractivity contribution in [3.8, 4) is 5.75 Å². The Morgan fingerprint density at radius 3 is 2.47 bits per heavy atom. The van der Waals surface area contributed by atoms with Crippen LogP contribution in [-0.4, -0.2) is 33.9 Å².